The van der Waals surface area contributed by atoms with Gasteiger partial charge in [-0.3, -0.25) is 19.2 Å². The van der Waals surface area contributed by atoms with Crippen molar-refractivity contribution in [1.82, 2.24) is 20.9 Å². The van der Waals surface area contributed by atoms with Crippen LogP contribution in [0, 0.1) is 34.5 Å². The van der Waals surface area contributed by atoms with Crippen LogP contribution in [0.3, 0.4) is 0 Å². The molecule has 0 aromatic carbocycles. The van der Waals surface area contributed by atoms with Gasteiger partial charge in [0, 0.05) is 6.54 Å². The molecular formula is C33H51N5O7. The number of urea groups is 1. The molecule has 0 bridgehead atoms. The second-order valence-electron chi connectivity index (χ2n) is 15.2. The number of nitrogens with zero attached hydrogens (tertiary/aromatic N) is 1. The van der Waals surface area contributed by atoms with Crippen LogP contribution in [-0.2, 0) is 28.7 Å². The fourth-order valence-corrected chi connectivity index (χ4v) is 5.89. The van der Waals surface area contributed by atoms with Gasteiger partial charge in [0.2, 0.25) is 17.6 Å². The van der Waals surface area contributed by atoms with Gasteiger partial charge in [-0.15, -0.1) is 6.58 Å². The van der Waals surface area contributed by atoms with E-state index >= 15 is 0 Å². The van der Waals surface area contributed by atoms with E-state index in [4.69, 9.17) is 10.5 Å². The summed E-state index contributed by atoms with van der Waals surface area (Å²) in [7, 11) is 0. The highest BCUT2D eigenvalue weighted by molar-refractivity contribution is 6.37. The molecule has 1 saturated heterocycles. The summed E-state index contributed by atoms with van der Waals surface area (Å²) < 4.78 is 5.45. The number of nitrogens with two attached hydrogens (primary N) is 1. The first-order valence-electron chi connectivity index (χ1n) is 16.3. The monoisotopic (exact) mass is 629 g/mol. The van der Waals surface area contributed by atoms with Gasteiger partial charge in [0.15, 0.2) is 0 Å². The van der Waals surface area contributed by atoms with Crippen LogP contribution in [0.2, 0.25) is 0 Å². The number of esters is 1. The number of ether oxygens (including phenoxy) is 1. The highest BCUT2D eigenvalue weighted by Gasteiger charge is 2.49. The molecule has 4 aliphatic rings. The standard InChI is InChI=1S/C33H51N5O7/c1-7-33(5,6)21-15-23(28(41)35-22(14-18-8-9-18)25(39)27(34)40)38(16-21)29(42)26(32(2,3)4)37-31(44)36-24(20-12-13-20)30(43)45-17-19-10-11-19/h7,18-24,26H,1,8-17H2,2-6H3,(H2,34,40)(H,35,41)(H2,36,37,44)/t21-,22?,23+,24+,26-/m1/s1. The molecule has 3 aliphatic carbocycles. The van der Waals surface area contributed by atoms with Crippen molar-refractivity contribution in [2.45, 2.75) is 110 Å². The molecule has 0 aromatic rings. The normalized spacial score (nSPS) is 23.7. The predicted octanol–water partition coefficient (Wildman–Crippen LogP) is 2.20. The van der Waals surface area contributed by atoms with Crippen LogP contribution in [0.1, 0.15) is 86.0 Å². The molecule has 5 atom stereocenters. The molecule has 5 N–H and O–H groups in total. The third-order valence-electron chi connectivity index (χ3n) is 9.79. The minimum Gasteiger partial charge on any atom is -0.464 e. The second-order valence-corrected chi connectivity index (χ2v) is 15.2. The molecule has 1 aliphatic heterocycles. The maximum absolute atomic E-state index is 14.3. The Labute approximate surface area is 266 Å². The van der Waals surface area contributed by atoms with E-state index in [1.165, 1.54) is 4.90 Å². The Morgan fingerprint density at radius 2 is 1.56 bits per heavy atom. The van der Waals surface area contributed by atoms with Crippen molar-refractivity contribution < 1.29 is 33.5 Å². The number of amides is 5. The number of carbonyl (C=O) groups excluding carboxylic acids is 6. The van der Waals surface area contributed by atoms with E-state index in [1.54, 1.807) is 6.08 Å². The highest BCUT2D eigenvalue weighted by Crippen LogP contribution is 2.40. The molecule has 1 unspecified atom stereocenters. The summed E-state index contributed by atoms with van der Waals surface area (Å²) in [5.74, 6) is -2.97. The lowest BCUT2D eigenvalue weighted by atomic mass is 9.77. The summed E-state index contributed by atoms with van der Waals surface area (Å²) in [5, 5.41) is 8.28. The molecule has 0 radical (unpaired) electrons. The average Bonchev–Trinajstić information content (AvgIpc) is 3.83. The average molecular weight is 630 g/mol. The molecule has 250 valence electrons. The van der Waals surface area contributed by atoms with E-state index in [2.05, 4.69) is 22.5 Å². The number of primary amides is 1. The SMILES string of the molecule is C=CC(C)(C)[C@@H]1C[C@@H](C(=O)NC(CC2CC2)C(=O)C(N)=O)N(C(=O)[C@@H](NC(=O)N[C@H](C(=O)OCC2CC2)C2CC2)C(C)(C)C)C1. The van der Waals surface area contributed by atoms with Crippen LogP contribution in [0.15, 0.2) is 12.7 Å². The minimum absolute atomic E-state index is 0.00788. The molecule has 0 aromatic heterocycles. The van der Waals surface area contributed by atoms with E-state index in [9.17, 15) is 28.8 Å². The highest BCUT2D eigenvalue weighted by atomic mass is 16.5. The van der Waals surface area contributed by atoms with Crippen molar-refractivity contribution in [2.24, 2.45) is 40.2 Å². The summed E-state index contributed by atoms with van der Waals surface area (Å²) in [5.41, 5.74) is 4.10. The van der Waals surface area contributed by atoms with Crippen molar-refractivity contribution in [3.8, 4) is 0 Å². The van der Waals surface area contributed by atoms with Gasteiger partial charge in [0.05, 0.1) is 12.6 Å². The maximum atomic E-state index is 14.3. The Kier molecular flexibility index (Phi) is 10.3. The van der Waals surface area contributed by atoms with Gasteiger partial charge in [0.1, 0.15) is 18.1 Å². The van der Waals surface area contributed by atoms with Crippen LogP contribution >= 0.6 is 0 Å². The molecular weight excluding hydrogens is 578 g/mol. The fraction of sp³-hybridized carbons (Fsp3) is 0.758. The van der Waals surface area contributed by atoms with E-state index in [1.807, 2.05) is 34.6 Å². The third kappa shape index (κ3) is 9.07. The number of likely N-dealkylation sites (tertiary alicyclic amines) is 1. The Bertz CT molecular complexity index is 1200. The number of rotatable bonds is 15. The number of hydrogen-bond acceptors (Lipinski definition) is 7. The van der Waals surface area contributed by atoms with Crippen molar-refractivity contribution in [3.05, 3.63) is 12.7 Å². The Balaban J connectivity index is 1.51. The van der Waals surface area contributed by atoms with Crippen molar-refractivity contribution >= 4 is 35.5 Å². The Morgan fingerprint density at radius 3 is 2.07 bits per heavy atom. The van der Waals surface area contributed by atoms with Crippen molar-refractivity contribution in [3.63, 3.8) is 0 Å². The summed E-state index contributed by atoms with van der Waals surface area (Å²) in [6, 6.07) is -4.52. The largest absolute Gasteiger partial charge is 0.464 e. The molecule has 12 nitrogen and oxygen atoms in total. The predicted molar refractivity (Wildman–Crippen MR) is 166 cm³/mol. The third-order valence-corrected chi connectivity index (χ3v) is 9.79. The van der Waals surface area contributed by atoms with Gasteiger partial charge in [-0.2, -0.15) is 0 Å². The van der Waals surface area contributed by atoms with Crippen LogP contribution in [0.5, 0.6) is 0 Å². The maximum Gasteiger partial charge on any atom is 0.328 e. The number of nitrogens with one attached hydrogen (secondary N) is 3. The zero-order valence-electron chi connectivity index (χ0n) is 27.4. The summed E-state index contributed by atoms with van der Waals surface area (Å²) >= 11 is 0. The number of carbonyl (C=O) groups is 6. The smallest absolute Gasteiger partial charge is 0.328 e. The van der Waals surface area contributed by atoms with Gasteiger partial charge in [0.25, 0.3) is 5.91 Å². The van der Waals surface area contributed by atoms with Crippen LogP contribution in [-0.4, -0.2) is 77.7 Å². The second kappa shape index (κ2) is 13.5. The van der Waals surface area contributed by atoms with Gasteiger partial charge < -0.3 is 31.3 Å². The Morgan fingerprint density at radius 1 is 0.933 bits per heavy atom. The number of Topliss-reactive ketones (excluding diaryl/α,β-unsaturated/α-hetero) is 1. The fourth-order valence-electron chi connectivity index (χ4n) is 5.89. The van der Waals surface area contributed by atoms with Crippen molar-refractivity contribution in [2.75, 3.05) is 13.2 Å². The zero-order chi connectivity index (χ0) is 33.3. The van der Waals surface area contributed by atoms with Gasteiger partial charge in [-0.1, -0.05) is 53.5 Å². The first kappa shape index (κ1) is 34.4. The molecule has 0 spiro atoms. The van der Waals surface area contributed by atoms with Crippen molar-refractivity contribution in [1.29, 1.82) is 0 Å². The van der Waals surface area contributed by atoms with Crippen LogP contribution in [0.4, 0.5) is 4.79 Å². The lowest BCUT2D eigenvalue weighted by Gasteiger charge is -2.36. The number of hydrogen-bond donors (Lipinski definition) is 4. The number of allylic oxidation sites excluding steroid dienone is 1. The number of ketones is 1. The van der Waals surface area contributed by atoms with E-state index < -0.39 is 70.5 Å². The lowest BCUT2D eigenvalue weighted by molar-refractivity contribution is -0.147. The van der Waals surface area contributed by atoms with Gasteiger partial charge in [-0.05, 0) is 73.0 Å². The Hall–Kier alpha value is -3.44. The first-order valence-corrected chi connectivity index (χ1v) is 16.3. The molecule has 5 amide bonds. The van der Waals surface area contributed by atoms with Gasteiger partial charge in [-0.25, -0.2) is 9.59 Å². The topological polar surface area (TPSA) is 177 Å². The van der Waals surface area contributed by atoms with Crippen LogP contribution in [0.25, 0.3) is 0 Å². The first-order chi connectivity index (χ1) is 21.0. The summed E-state index contributed by atoms with van der Waals surface area (Å²) in [6.45, 7) is 13.9. The molecule has 1 heterocycles. The molecule has 45 heavy (non-hydrogen) atoms. The molecule has 3 saturated carbocycles. The lowest BCUT2D eigenvalue weighted by Crippen LogP contribution is -2.61. The molecule has 4 fully saturated rings. The zero-order valence-corrected chi connectivity index (χ0v) is 27.4. The summed E-state index contributed by atoms with van der Waals surface area (Å²) in [6.07, 6.45) is 7.89. The minimum atomic E-state index is -1.12. The quantitative estimate of drug-likeness (QED) is 0.122. The van der Waals surface area contributed by atoms with E-state index in [0.717, 1.165) is 38.5 Å². The van der Waals surface area contributed by atoms with Crippen LogP contribution < -0.4 is 21.7 Å². The summed E-state index contributed by atoms with van der Waals surface area (Å²) in [4.78, 5) is 80.0. The van der Waals surface area contributed by atoms with E-state index in [-0.39, 0.29) is 24.3 Å². The molecule has 12 heteroatoms. The molecule has 4 rings (SSSR count). The van der Waals surface area contributed by atoms with E-state index in [0.29, 0.717) is 25.4 Å². The van der Waals surface area contributed by atoms with Gasteiger partial charge >= 0.3 is 12.0 Å².